The predicted octanol–water partition coefficient (Wildman–Crippen LogP) is 3.54. The Kier molecular flexibility index (Phi) is 4.25. The second-order valence-electron chi connectivity index (χ2n) is 4.23. The quantitative estimate of drug-likeness (QED) is 0.404. The van der Waals surface area contributed by atoms with Gasteiger partial charge in [-0.15, -0.1) is 0 Å². The molecule has 1 amide bonds. The Labute approximate surface area is 124 Å². The number of nitro groups is 1. The molecule has 5 nitrogen and oxygen atoms in total. The van der Waals surface area contributed by atoms with E-state index in [4.69, 9.17) is 0 Å². The van der Waals surface area contributed by atoms with E-state index in [0.29, 0.717) is 12.1 Å². The van der Waals surface area contributed by atoms with Crippen LogP contribution in [0.1, 0.15) is 10.4 Å². The molecular weight excluding hydrogens is 327 g/mol. The van der Waals surface area contributed by atoms with Crippen LogP contribution in [0, 0.1) is 39.2 Å². The monoisotopic (exact) mass is 332 g/mol. The van der Waals surface area contributed by atoms with Crippen LogP contribution < -0.4 is 5.32 Å². The Morgan fingerprint density at radius 2 is 1.61 bits per heavy atom. The molecule has 0 bridgehead atoms. The number of nitrogens with zero attached hydrogens (tertiary/aromatic N) is 1. The molecule has 0 spiro atoms. The highest BCUT2D eigenvalue weighted by Crippen LogP contribution is 2.26. The summed E-state index contributed by atoms with van der Waals surface area (Å²) < 4.78 is 65.8. The normalized spacial score (nSPS) is 10.5. The van der Waals surface area contributed by atoms with Crippen LogP contribution in [0.4, 0.5) is 33.3 Å². The largest absolute Gasteiger partial charge is 0.322 e. The van der Waals surface area contributed by atoms with E-state index in [9.17, 15) is 36.9 Å². The van der Waals surface area contributed by atoms with E-state index in [1.54, 1.807) is 0 Å². The Balaban J connectivity index is 2.42. The molecule has 10 heteroatoms. The van der Waals surface area contributed by atoms with Crippen LogP contribution in [0.25, 0.3) is 0 Å². The third-order valence-corrected chi connectivity index (χ3v) is 2.75. The highest BCUT2D eigenvalue weighted by Gasteiger charge is 2.28. The second kappa shape index (κ2) is 5.99. The first kappa shape index (κ1) is 16.3. The number of rotatable bonds is 3. The molecule has 0 saturated heterocycles. The average molecular weight is 332 g/mol. The van der Waals surface area contributed by atoms with Gasteiger partial charge in [-0.3, -0.25) is 14.9 Å². The third-order valence-electron chi connectivity index (χ3n) is 2.75. The van der Waals surface area contributed by atoms with Crippen molar-refractivity contribution in [3.63, 3.8) is 0 Å². The van der Waals surface area contributed by atoms with E-state index in [0.717, 1.165) is 6.07 Å². The van der Waals surface area contributed by atoms with Crippen LogP contribution in [-0.2, 0) is 0 Å². The predicted molar refractivity (Wildman–Crippen MR) is 67.3 cm³/mol. The van der Waals surface area contributed by atoms with Crippen LogP contribution in [0.5, 0.6) is 0 Å². The lowest BCUT2D eigenvalue weighted by Gasteiger charge is -2.07. The number of carbonyl (C=O) groups excluding carboxylic acids is 1. The van der Waals surface area contributed by atoms with Gasteiger partial charge in [0.05, 0.1) is 10.5 Å². The van der Waals surface area contributed by atoms with Gasteiger partial charge in [0.2, 0.25) is 11.6 Å². The lowest BCUT2D eigenvalue weighted by molar-refractivity contribution is -0.387. The Bertz CT molecular complexity index is 826. The lowest BCUT2D eigenvalue weighted by Crippen LogP contribution is -2.16. The summed E-state index contributed by atoms with van der Waals surface area (Å²) in [5.41, 5.74) is -2.93. The van der Waals surface area contributed by atoms with Gasteiger partial charge in [0, 0.05) is 17.8 Å². The van der Waals surface area contributed by atoms with Gasteiger partial charge in [-0.1, -0.05) is 0 Å². The summed E-state index contributed by atoms with van der Waals surface area (Å²) in [6.45, 7) is 0. The van der Waals surface area contributed by atoms with Gasteiger partial charge >= 0.3 is 5.69 Å². The van der Waals surface area contributed by atoms with E-state index in [1.807, 2.05) is 5.32 Å². The second-order valence-corrected chi connectivity index (χ2v) is 4.23. The summed E-state index contributed by atoms with van der Waals surface area (Å²) in [6.07, 6.45) is 0. The van der Waals surface area contributed by atoms with E-state index in [-0.39, 0.29) is 11.8 Å². The van der Waals surface area contributed by atoms with Crippen LogP contribution >= 0.6 is 0 Å². The van der Waals surface area contributed by atoms with E-state index in [1.165, 1.54) is 0 Å². The number of hydrogen-bond donors (Lipinski definition) is 1. The minimum Gasteiger partial charge on any atom is -0.322 e. The average Bonchev–Trinajstić information content (AvgIpc) is 2.48. The molecule has 2 aromatic carbocycles. The van der Waals surface area contributed by atoms with Crippen LogP contribution in [-0.4, -0.2) is 10.8 Å². The van der Waals surface area contributed by atoms with Gasteiger partial charge in [-0.25, -0.2) is 17.6 Å². The third kappa shape index (κ3) is 3.10. The standard InChI is InChI=1S/C13H5F5N2O3/c14-7-2-1-5(3-8(7)15)19-13(21)6-4-9(20(22)23)11(17)12(18)10(6)16/h1-4H,(H,19,21). The molecule has 0 aliphatic carbocycles. The summed E-state index contributed by atoms with van der Waals surface area (Å²) in [5, 5.41) is 12.4. The molecule has 0 fully saturated rings. The molecule has 0 atom stereocenters. The molecule has 0 unspecified atom stereocenters. The molecular formula is C13H5F5N2O3. The van der Waals surface area contributed by atoms with E-state index < -0.39 is 51.2 Å². The van der Waals surface area contributed by atoms with Crippen molar-refractivity contribution in [1.29, 1.82) is 0 Å². The van der Waals surface area contributed by atoms with Gasteiger partial charge in [0.15, 0.2) is 17.5 Å². The number of halogens is 5. The molecule has 0 aliphatic rings. The van der Waals surface area contributed by atoms with Crippen molar-refractivity contribution < 1.29 is 31.7 Å². The van der Waals surface area contributed by atoms with Gasteiger partial charge in [-0.2, -0.15) is 4.39 Å². The number of anilines is 1. The molecule has 0 aromatic heterocycles. The number of amides is 1. The molecule has 2 aromatic rings. The molecule has 0 heterocycles. The zero-order chi connectivity index (χ0) is 17.3. The minimum atomic E-state index is -2.20. The lowest BCUT2D eigenvalue weighted by atomic mass is 10.1. The minimum absolute atomic E-state index is 0.197. The number of nitrogens with one attached hydrogen (secondary N) is 1. The number of carbonyl (C=O) groups is 1. The van der Waals surface area contributed by atoms with Crippen LogP contribution in [0.15, 0.2) is 24.3 Å². The van der Waals surface area contributed by atoms with Crippen molar-refractivity contribution in [2.24, 2.45) is 0 Å². The smallest absolute Gasteiger partial charge is 0.308 e. The first-order valence-electron chi connectivity index (χ1n) is 5.80. The summed E-state index contributed by atoms with van der Waals surface area (Å²) in [7, 11) is 0. The van der Waals surface area contributed by atoms with Gasteiger partial charge in [-0.05, 0) is 12.1 Å². The summed E-state index contributed by atoms with van der Waals surface area (Å²) in [4.78, 5) is 21.0. The van der Waals surface area contributed by atoms with E-state index in [2.05, 4.69) is 0 Å². The Morgan fingerprint density at radius 3 is 2.17 bits per heavy atom. The summed E-state index contributed by atoms with van der Waals surface area (Å²) >= 11 is 0. The van der Waals surface area contributed by atoms with Crippen molar-refractivity contribution in [3.8, 4) is 0 Å². The molecule has 1 N–H and O–H groups in total. The fourth-order valence-corrected chi connectivity index (χ4v) is 1.66. The van der Waals surface area contributed by atoms with Crippen molar-refractivity contribution in [1.82, 2.24) is 0 Å². The highest BCUT2D eigenvalue weighted by atomic mass is 19.2. The highest BCUT2D eigenvalue weighted by molar-refractivity contribution is 6.04. The van der Waals surface area contributed by atoms with Crippen molar-refractivity contribution in [3.05, 3.63) is 69.0 Å². The Morgan fingerprint density at radius 1 is 0.957 bits per heavy atom. The first-order chi connectivity index (χ1) is 10.7. The fraction of sp³-hybridized carbons (Fsp3) is 0. The van der Waals surface area contributed by atoms with Crippen molar-refractivity contribution in [2.75, 3.05) is 5.32 Å². The zero-order valence-corrected chi connectivity index (χ0v) is 10.9. The van der Waals surface area contributed by atoms with Crippen LogP contribution in [0.3, 0.4) is 0 Å². The summed E-state index contributed by atoms with van der Waals surface area (Å²) in [5.74, 6) is -10.1. The molecule has 0 aliphatic heterocycles. The van der Waals surface area contributed by atoms with Crippen molar-refractivity contribution in [2.45, 2.75) is 0 Å². The molecule has 120 valence electrons. The molecule has 23 heavy (non-hydrogen) atoms. The van der Waals surface area contributed by atoms with Gasteiger partial charge in [0.1, 0.15) is 0 Å². The Hall–Kier alpha value is -3.04. The maximum Gasteiger partial charge on any atom is 0.308 e. The molecule has 0 saturated carbocycles. The molecule has 2 rings (SSSR count). The fourth-order valence-electron chi connectivity index (χ4n) is 1.66. The maximum atomic E-state index is 13.6. The van der Waals surface area contributed by atoms with Gasteiger partial charge < -0.3 is 5.32 Å². The van der Waals surface area contributed by atoms with Crippen LogP contribution in [0.2, 0.25) is 0 Å². The first-order valence-corrected chi connectivity index (χ1v) is 5.80. The van der Waals surface area contributed by atoms with Gasteiger partial charge in [0.25, 0.3) is 5.91 Å². The SMILES string of the molecule is O=C(Nc1ccc(F)c(F)c1)c1cc([N+](=O)[O-])c(F)c(F)c1F. The van der Waals surface area contributed by atoms with Crippen molar-refractivity contribution >= 4 is 17.3 Å². The number of nitro benzene ring substituents is 1. The molecule has 0 radical (unpaired) electrons. The zero-order valence-electron chi connectivity index (χ0n) is 10.9. The summed E-state index contributed by atoms with van der Waals surface area (Å²) in [6, 6.07) is 2.33. The van der Waals surface area contributed by atoms with E-state index >= 15 is 0 Å². The maximum absolute atomic E-state index is 13.6. The number of benzene rings is 2. The number of hydrogen-bond acceptors (Lipinski definition) is 3. The topological polar surface area (TPSA) is 72.2 Å².